The van der Waals surface area contributed by atoms with Crippen LogP contribution in [0.2, 0.25) is 10.0 Å². The van der Waals surface area contributed by atoms with E-state index in [-0.39, 0.29) is 24.1 Å². The summed E-state index contributed by atoms with van der Waals surface area (Å²) in [6.07, 6.45) is 2.26. The minimum atomic E-state index is -4.25. The molecule has 0 aromatic heterocycles. The van der Waals surface area contributed by atoms with E-state index in [1.807, 2.05) is 0 Å². The quantitative estimate of drug-likeness (QED) is 0.701. The second-order valence-corrected chi connectivity index (χ2v) is 6.68. The lowest BCUT2D eigenvalue weighted by atomic mass is 10.2. The molecule has 0 aliphatic heterocycles. The zero-order valence-electron chi connectivity index (χ0n) is 11.0. The molecular weight excluding hydrogens is 346 g/mol. The fourth-order valence-electron chi connectivity index (χ4n) is 1.75. The molecule has 1 aliphatic rings. The molecule has 8 heteroatoms. The molecule has 0 heterocycles. The molecule has 1 aromatic carbocycles. The SMILES string of the molecule is FC(F)(F)SCCOc1c(Cl)cc(Cl)cc1CNC1CC1. The highest BCUT2D eigenvalue weighted by molar-refractivity contribution is 8.00. The molecular formula is C13H14Cl2F3NOS. The highest BCUT2D eigenvalue weighted by Crippen LogP contribution is 2.34. The maximum Gasteiger partial charge on any atom is 0.441 e. The third-order valence-electron chi connectivity index (χ3n) is 2.84. The van der Waals surface area contributed by atoms with E-state index in [1.165, 1.54) is 6.07 Å². The highest BCUT2D eigenvalue weighted by atomic mass is 35.5. The maximum absolute atomic E-state index is 12.1. The molecule has 0 saturated heterocycles. The first-order chi connectivity index (χ1) is 9.85. The second kappa shape index (κ2) is 7.31. The van der Waals surface area contributed by atoms with Crippen LogP contribution in [0.15, 0.2) is 12.1 Å². The first kappa shape index (κ1) is 17.1. The van der Waals surface area contributed by atoms with Crippen LogP contribution < -0.4 is 10.1 Å². The van der Waals surface area contributed by atoms with Gasteiger partial charge in [-0.25, -0.2) is 0 Å². The van der Waals surface area contributed by atoms with E-state index in [0.717, 1.165) is 18.4 Å². The monoisotopic (exact) mass is 359 g/mol. The van der Waals surface area contributed by atoms with Crippen molar-refractivity contribution >= 4 is 35.0 Å². The van der Waals surface area contributed by atoms with Crippen LogP contribution in [0, 0.1) is 0 Å². The number of halogens is 5. The van der Waals surface area contributed by atoms with E-state index < -0.39 is 5.51 Å². The summed E-state index contributed by atoms with van der Waals surface area (Å²) < 4.78 is 41.6. The van der Waals surface area contributed by atoms with Gasteiger partial charge in [0, 0.05) is 28.9 Å². The smallest absolute Gasteiger partial charge is 0.441 e. The number of thioether (sulfide) groups is 1. The van der Waals surface area contributed by atoms with Crippen LogP contribution in [0.25, 0.3) is 0 Å². The molecule has 0 amide bonds. The Hall–Kier alpha value is -0.300. The van der Waals surface area contributed by atoms with Gasteiger partial charge in [0.25, 0.3) is 0 Å². The van der Waals surface area contributed by atoms with Gasteiger partial charge in [-0.15, -0.1) is 0 Å². The van der Waals surface area contributed by atoms with Crippen LogP contribution in [0.5, 0.6) is 5.75 Å². The number of hydrogen-bond donors (Lipinski definition) is 1. The summed E-state index contributed by atoms with van der Waals surface area (Å²) in [5.74, 6) is 0.217. The predicted octanol–water partition coefficient (Wildman–Crippen LogP) is 4.88. The Morgan fingerprint density at radius 3 is 2.62 bits per heavy atom. The number of alkyl halides is 3. The Kier molecular flexibility index (Phi) is 5.94. The van der Waals surface area contributed by atoms with Gasteiger partial charge in [-0.05, 0) is 36.7 Å². The summed E-state index contributed by atoms with van der Waals surface area (Å²) in [4.78, 5) is 0. The lowest BCUT2D eigenvalue weighted by molar-refractivity contribution is -0.0329. The lowest BCUT2D eigenvalue weighted by Gasteiger charge is -2.14. The minimum Gasteiger partial charge on any atom is -0.491 e. The van der Waals surface area contributed by atoms with Crippen molar-refractivity contribution in [2.75, 3.05) is 12.4 Å². The molecule has 1 N–H and O–H groups in total. The summed E-state index contributed by atoms with van der Waals surface area (Å²) >= 11 is 11.9. The van der Waals surface area contributed by atoms with Crippen LogP contribution in [0.3, 0.4) is 0 Å². The zero-order chi connectivity index (χ0) is 15.5. The molecule has 21 heavy (non-hydrogen) atoms. The Bertz CT molecular complexity index is 495. The lowest BCUT2D eigenvalue weighted by Crippen LogP contribution is -2.16. The Labute approximate surface area is 135 Å². The molecule has 0 radical (unpaired) electrons. The summed E-state index contributed by atoms with van der Waals surface area (Å²) in [5.41, 5.74) is -3.49. The molecule has 0 spiro atoms. The van der Waals surface area contributed by atoms with E-state index in [2.05, 4.69) is 5.32 Å². The van der Waals surface area contributed by atoms with Crippen molar-refractivity contribution in [2.45, 2.75) is 30.9 Å². The van der Waals surface area contributed by atoms with E-state index in [1.54, 1.807) is 6.07 Å². The van der Waals surface area contributed by atoms with Crippen molar-refractivity contribution in [3.05, 3.63) is 27.7 Å². The molecule has 1 saturated carbocycles. The van der Waals surface area contributed by atoms with Crippen LogP contribution in [0.1, 0.15) is 18.4 Å². The van der Waals surface area contributed by atoms with Crippen LogP contribution in [-0.4, -0.2) is 23.9 Å². The molecule has 2 rings (SSSR count). The maximum atomic E-state index is 12.1. The van der Waals surface area contributed by atoms with E-state index in [0.29, 0.717) is 28.4 Å². The van der Waals surface area contributed by atoms with Crippen molar-refractivity contribution in [3.63, 3.8) is 0 Å². The topological polar surface area (TPSA) is 21.3 Å². The van der Waals surface area contributed by atoms with Gasteiger partial charge in [0.05, 0.1) is 11.6 Å². The van der Waals surface area contributed by atoms with Crippen LogP contribution in [-0.2, 0) is 6.54 Å². The first-order valence-corrected chi connectivity index (χ1v) is 8.14. The van der Waals surface area contributed by atoms with Gasteiger partial charge in [-0.1, -0.05) is 23.2 Å². The van der Waals surface area contributed by atoms with Crippen molar-refractivity contribution in [3.8, 4) is 5.75 Å². The summed E-state index contributed by atoms with van der Waals surface area (Å²) in [6, 6.07) is 3.74. The number of hydrogen-bond acceptors (Lipinski definition) is 3. The van der Waals surface area contributed by atoms with Crippen molar-refractivity contribution in [2.24, 2.45) is 0 Å². The number of nitrogens with one attached hydrogen (secondary N) is 1. The average molecular weight is 360 g/mol. The number of benzene rings is 1. The predicted molar refractivity (Wildman–Crippen MR) is 80.3 cm³/mol. The van der Waals surface area contributed by atoms with Gasteiger partial charge in [-0.3, -0.25) is 0 Å². The van der Waals surface area contributed by atoms with Gasteiger partial charge in [0.2, 0.25) is 0 Å². The average Bonchev–Trinajstić information content (AvgIpc) is 3.16. The third-order valence-corrected chi connectivity index (χ3v) is 4.04. The molecule has 118 valence electrons. The van der Waals surface area contributed by atoms with Crippen molar-refractivity contribution in [1.29, 1.82) is 0 Å². The van der Waals surface area contributed by atoms with Crippen LogP contribution >= 0.6 is 35.0 Å². The molecule has 0 unspecified atom stereocenters. The minimum absolute atomic E-state index is 0.0675. The van der Waals surface area contributed by atoms with Gasteiger partial charge >= 0.3 is 5.51 Å². The zero-order valence-corrected chi connectivity index (χ0v) is 13.3. The summed E-state index contributed by atoms with van der Waals surface area (Å²) in [5, 5.41) is 4.09. The van der Waals surface area contributed by atoms with Gasteiger partial charge in [0.1, 0.15) is 5.75 Å². The Morgan fingerprint density at radius 1 is 1.29 bits per heavy atom. The van der Waals surface area contributed by atoms with Gasteiger partial charge in [0.15, 0.2) is 0 Å². The first-order valence-electron chi connectivity index (χ1n) is 6.40. The third kappa shape index (κ3) is 6.14. The normalized spacial score (nSPS) is 15.3. The summed E-state index contributed by atoms with van der Waals surface area (Å²) in [7, 11) is 0. The van der Waals surface area contributed by atoms with Gasteiger partial charge in [-0.2, -0.15) is 13.2 Å². The molecule has 0 bridgehead atoms. The second-order valence-electron chi connectivity index (χ2n) is 4.67. The van der Waals surface area contributed by atoms with E-state index in [4.69, 9.17) is 27.9 Å². The molecule has 1 aliphatic carbocycles. The molecule has 1 aromatic rings. The fraction of sp³-hybridized carbons (Fsp3) is 0.538. The Balaban J connectivity index is 1.95. The number of ether oxygens (including phenoxy) is 1. The molecule has 1 fully saturated rings. The fourth-order valence-corrected chi connectivity index (χ4v) is 2.74. The molecule has 0 atom stereocenters. The highest BCUT2D eigenvalue weighted by Gasteiger charge is 2.27. The van der Waals surface area contributed by atoms with Gasteiger partial charge < -0.3 is 10.1 Å². The largest absolute Gasteiger partial charge is 0.491 e. The van der Waals surface area contributed by atoms with E-state index >= 15 is 0 Å². The van der Waals surface area contributed by atoms with E-state index in [9.17, 15) is 13.2 Å². The van der Waals surface area contributed by atoms with Crippen molar-refractivity contribution < 1.29 is 17.9 Å². The Morgan fingerprint density at radius 2 is 2.00 bits per heavy atom. The number of rotatable bonds is 7. The molecule has 2 nitrogen and oxygen atoms in total. The van der Waals surface area contributed by atoms with Crippen molar-refractivity contribution in [1.82, 2.24) is 5.32 Å². The van der Waals surface area contributed by atoms with Crippen LogP contribution in [0.4, 0.5) is 13.2 Å². The summed E-state index contributed by atoms with van der Waals surface area (Å²) in [6.45, 7) is 0.467. The standard InChI is InChI=1S/C13H14Cl2F3NOS/c14-9-5-8(7-19-10-1-2-10)12(11(15)6-9)20-3-4-21-13(16,17)18/h5-6,10,19H,1-4,7H2.